The van der Waals surface area contributed by atoms with E-state index in [1.807, 2.05) is 11.5 Å². The summed E-state index contributed by atoms with van der Waals surface area (Å²) in [7, 11) is 0. The average Bonchev–Trinajstić information content (AvgIpc) is 2.97. The number of amides is 2. The van der Waals surface area contributed by atoms with Crippen molar-refractivity contribution >= 4 is 11.8 Å². The summed E-state index contributed by atoms with van der Waals surface area (Å²) in [6, 6.07) is 4.87. The third-order valence-corrected chi connectivity index (χ3v) is 3.78. The summed E-state index contributed by atoms with van der Waals surface area (Å²) in [5, 5.41) is 13.4. The number of nitrogens with one attached hydrogen (secondary N) is 2. The maximum Gasteiger partial charge on any atom is 0.255 e. The van der Waals surface area contributed by atoms with Crippen LogP contribution in [0.25, 0.3) is 0 Å². The van der Waals surface area contributed by atoms with Crippen molar-refractivity contribution in [2.24, 2.45) is 0 Å². The van der Waals surface area contributed by atoms with E-state index in [4.69, 9.17) is 4.74 Å². The third-order valence-electron chi connectivity index (χ3n) is 3.78. The quantitative estimate of drug-likeness (QED) is 0.827. The van der Waals surface area contributed by atoms with Crippen LogP contribution in [-0.4, -0.2) is 46.3 Å². The monoisotopic (exact) mass is 329 g/mol. The molecule has 0 unspecified atom stereocenters. The van der Waals surface area contributed by atoms with Gasteiger partial charge in [-0.15, -0.1) is 10.2 Å². The van der Waals surface area contributed by atoms with Gasteiger partial charge in [-0.3, -0.25) is 9.59 Å². The van der Waals surface area contributed by atoms with Gasteiger partial charge < -0.3 is 19.9 Å². The number of hydrogen-bond donors (Lipinski definition) is 2. The Balaban J connectivity index is 1.64. The van der Waals surface area contributed by atoms with Crippen molar-refractivity contribution in [1.82, 2.24) is 25.4 Å². The van der Waals surface area contributed by atoms with Gasteiger partial charge in [0, 0.05) is 25.1 Å². The molecule has 0 saturated carbocycles. The van der Waals surface area contributed by atoms with E-state index < -0.39 is 0 Å². The zero-order chi connectivity index (χ0) is 16.9. The molecule has 8 heteroatoms. The SMILES string of the molecule is CCc1nncn1CCNC(=O)c1ccc2c(c1)C(=O)NCCO2. The number of carbonyl (C=O) groups excluding carboxylic acids is 2. The molecule has 1 aliphatic rings. The topological polar surface area (TPSA) is 98.1 Å². The van der Waals surface area contributed by atoms with Crippen molar-refractivity contribution in [3.05, 3.63) is 41.5 Å². The molecular weight excluding hydrogens is 310 g/mol. The number of rotatable bonds is 5. The average molecular weight is 329 g/mol. The molecular formula is C16H19N5O3. The van der Waals surface area contributed by atoms with Gasteiger partial charge in [-0.2, -0.15) is 0 Å². The molecule has 1 aromatic carbocycles. The fourth-order valence-corrected chi connectivity index (χ4v) is 2.53. The predicted molar refractivity (Wildman–Crippen MR) is 86.0 cm³/mol. The number of carbonyl (C=O) groups is 2. The molecule has 0 fully saturated rings. The van der Waals surface area contributed by atoms with Crippen LogP contribution in [-0.2, 0) is 13.0 Å². The van der Waals surface area contributed by atoms with Crippen LogP contribution in [0.2, 0.25) is 0 Å². The molecule has 0 radical (unpaired) electrons. The minimum atomic E-state index is -0.235. The van der Waals surface area contributed by atoms with E-state index in [2.05, 4.69) is 20.8 Å². The van der Waals surface area contributed by atoms with Crippen molar-refractivity contribution in [1.29, 1.82) is 0 Å². The molecule has 2 heterocycles. The predicted octanol–water partition coefficient (Wildman–Crippen LogP) is 0.393. The number of aromatic nitrogens is 3. The Kier molecular flexibility index (Phi) is 4.74. The molecule has 0 bridgehead atoms. The first-order valence-electron chi connectivity index (χ1n) is 7.89. The Bertz CT molecular complexity index is 756. The van der Waals surface area contributed by atoms with Crippen molar-refractivity contribution in [3.8, 4) is 5.75 Å². The number of benzene rings is 1. The van der Waals surface area contributed by atoms with Gasteiger partial charge in [0.1, 0.15) is 24.5 Å². The lowest BCUT2D eigenvalue weighted by molar-refractivity contribution is 0.0952. The highest BCUT2D eigenvalue weighted by Crippen LogP contribution is 2.21. The summed E-state index contributed by atoms with van der Waals surface area (Å²) in [6.07, 6.45) is 2.43. The highest BCUT2D eigenvalue weighted by Gasteiger charge is 2.18. The Morgan fingerprint density at radius 1 is 1.46 bits per heavy atom. The van der Waals surface area contributed by atoms with Crippen LogP contribution in [0, 0.1) is 0 Å². The summed E-state index contributed by atoms with van der Waals surface area (Å²) in [6.45, 7) is 3.92. The lowest BCUT2D eigenvalue weighted by atomic mass is 10.1. The highest BCUT2D eigenvalue weighted by molar-refractivity contribution is 6.01. The maximum absolute atomic E-state index is 12.3. The highest BCUT2D eigenvalue weighted by atomic mass is 16.5. The summed E-state index contributed by atoms with van der Waals surface area (Å²) in [5.74, 6) is 0.914. The standard InChI is InChI=1S/C16H19N5O3/c1-2-14-20-19-10-21(14)7-5-17-15(22)11-3-4-13-12(9-11)16(23)18-6-8-24-13/h3-4,9-10H,2,5-8H2,1H3,(H,17,22)(H,18,23). The van der Waals surface area contributed by atoms with E-state index in [-0.39, 0.29) is 11.8 Å². The smallest absolute Gasteiger partial charge is 0.255 e. The molecule has 1 aromatic heterocycles. The fraction of sp³-hybridized carbons (Fsp3) is 0.375. The van der Waals surface area contributed by atoms with E-state index >= 15 is 0 Å². The lowest BCUT2D eigenvalue weighted by Gasteiger charge is -2.10. The molecule has 0 saturated heterocycles. The van der Waals surface area contributed by atoms with Gasteiger partial charge in [-0.1, -0.05) is 6.92 Å². The van der Waals surface area contributed by atoms with Gasteiger partial charge in [0.2, 0.25) is 0 Å². The molecule has 3 rings (SSSR count). The lowest BCUT2D eigenvalue weighted by Crippen LogP contribution is -2.28. The van der Waals surface area contributed by atoms with Crippen LogP contribution in [0.5, 0.6) is 5.75 Å². The van der Waals surface area contributed by atoms with E-state index in [0.717, 1.165) is 12.2 Å². The number of ether oxygens (including phenoxy) is 1. The maximum atomic E-state index is 12.3. The van der Waals surface area contributed by atoms with Crippen molar-refractivity contribution in [2.45, 2.75) is 19.9 Å². The second-order valence-electron chi connectivity index (χ2n) is 5.37. The summed E-state index contributed by atoms with van der Waals surface area (Å²) >= 11 is 0. The first-order valence-corrected chi connectivity index (χ1v) is 7.89. The molecule has 126 valence electrons. The zero-order valence-corrected chi connectivity index (χ0v) is 13.4. The van der Waals surface area contributed by atoms with Gasteiger partial charge in [-0.25, -0.2) is 0 Å². The number of hydrogen-bond acceptors (Lipinski definition) is 5. The molecule has 2 amide bonds. The Hall–Kier alpha value is -2.90. The fourth-order valence-electron chi connectivity index (χ4n) is 2.53. The van der Waals surface area contributed by atoms with Crippen LogP contribution < -0.4 is 15.4 Å². The summed E-state index contributed by atoms with van der Waals surface area (Å²) in [4.78, 5) is 24.3. The first-order chi connectivity index (χ1) is 11.7. The largest absolute Gasteiger partial charge is 0.491 e. The third kappa shape index (κ3) is 3.37. The Labute approximate surface area is 139 Å². The molecule has 2 N–H and O–H groups in total. The van der Waals surface area contributed by atoms with Crippen LogP contribution >= 0.6 is 0 Å². The van der Waals surface area contributed by atoms with Crippen molar-refractivity contribution in [3.63, 3.8) is 0 Å². The molecule has 1 aliphatic heterocycles. The van der Waals surface area contributed by atoms with E-state index in [1.54, 1.807) is 24.5 Å². The zero-order valence-electron chi connectivity index (χ0n) is 13.4. The van der Waals surface area contributed by atoms with Crippen LogP contribution in [0.4, 0.5) is 0 Å². The van der Waals surface area contributed by atoms with Gasteiger partial charge in [0.15, 0.2) is 0 Å². The van der Waals surface area contributed by atoms with Crippen LogP contribution in [0.3, 0.4) is 0 Å². The second-order valence-corrected chi connectivity index (χ2v) is 5.37. The van der Waals surface area contributed by atoms with Gasteiger partial charge in [0.25, 0.3) is 11.8 Å². The van der Waals surface area contributed by atoms with E-state index in [0.29, 0.717) is 43.1 Å². The minimum absolute atomic E-state index is 0.228. The number of fused-ring (bicyclic) bond motifs is 1. The molecule has 8 nitrogen and oxygen atoms in total. The van der Waals surface area contributed by atoms with Crippen molar-refractivity contribution < 1.29 is 14.3 Å². The summed E-state index contributed by atoms with van der Waals surface area (Å²) < 4.78 is 7.38. The van der Waals surface area contributed by atoms with Gasteiger partial charge >= 0.3 is 0 Å². The molecule has 0 atom stereocenters. The van der Waals surface area contributed by atoms with E-state index in [1.165, 1.54) is 0 Å². The minimum Gasteiger partial charge on any atom is -0.491 e. The van der Waals surface area contributed by atoms with Gasteiger partial charge in [-0.05, 0) is 18.2 Å². The van der Waals surface area contributed by atoms with Gasteiger partial charge in [0.05, 0.1) is 12.1 Å². The van der Waals surface area contributed by atoms with Crippen molar-refractivity contribution in [2.75, 3.05) is 19.7 Å². The number of nitrogens with zero attached hydrogens (tertiary/aromatic N) is 3. The Morgan fingerprint density at radius 3 is 3.17 bits per heavy atom. The summed E-state index contributed by atoms with van der Waals surface area (Å²) in [5.41, 5.74) is 0.807. The van der Waals surface area contributed by atoms with Crippen LogP contribution in [0.15, 0.2) is 24.5 Å². The Morgan fingerprint density at radius 2 is 2.33 bits per heavy atom. The molecule has 24 heavy (non-hydrogen) atoms. The second kappa shape index (κ2) is 7.12. The van der Waals surface area contributed by atoms with Crippen LogP contribution in [0.1, 0.15) is 33.5 Å². The van der Waals surface area contributed by atoms with E-state index in [9.17, 15) is 9.59 Å². The molecule has 2 aromatic rings. The first kappa shape index (κ1) is 16.0. The normalized spacial score (nSPS) is 13.5. The molecule has 0 aliphatic carbocycles. The molecule has 0 spiro atoms. The number of aryl methyl sites for hydroxylation is 1.